The van der Waals surface area contributed by atoms with Gasteiger partial charge in [0.2, 0.25) is 0 Å². The van der Waals surface area contributed by atoms with Crippen molar-refractivity contribution in [3.05, 3.63) is 35.7 Å². The van der Waals surface area contributed by atoms with Crippen molar-refractivity contribution in [1.29, 1.82) is 0 Å². The van der Waals surface area contributed by atoms with Crippen LogP contribution in [0.2, 0.25) is 0 Å². The molecule has 90 valence electrons. The fourth-order valence-corrected chi connectivity index (χ4v) is 2.38. The summed E-state index contributed by atoms with van der Waals surface area (Å²) < 4.78 is 13.0. The number of allylic oxidation sites excluding steroid dienone is 5. The summed E-state index contributed by atoms with van der Waals surface area (Å²) in [6.45, 7) is 9.66. The Morgan fingerprint density at radius 3 is 2.12 bits per heavy atom. The molecule has 0 aliphatic heterocycles. The molecule has 1 saturated carbocycles. The monoisotopic (exact) mass is 222 g/mol. The topological polar surface area (TPSA) is 0 Å². The van der Waals surface area contributed by atoms with E-state index in [-0.39, 0.29) is 5.83 Å². The van der Waals surface area contributed by atoms with E-state index in [1.54, 1.807) is 6.08 Å². The van der Waals surface area contributed by atoms with Crippen molar-refractivity contribution in [3.8, 4) is 0 Å². The van der Waals surface area contributed by atoms with E-state index < -0.39 is 0 Å². The van der Waals surface area contributed by atoms with E-state index in [1.807, 2.05) is 13.0 Å². The highest BCUT2D eigenvalue weighted by molar-refractivity contribution is 5.30. The van der Waals surface area contributed by atoms with Gasteiger partial charge in [0.05, 0.1) is 5.83 Å². The second kappa shape index (κ2) is 6.03. The third-order valence-electron chi connectivity index (χ3n) is 3.27. The Bertz CT molecular complexity index is 297. The fraction of sp³-hybridized carbons (Fsp3) is 0.600. The minimum atomic E-state index is -0.105. The summed E-state index contributed by atoms with van der Waals surface area (Å²) in [6, 6.07) is 0. The van der Waals surface area contributed by atoms with Crippen molar-refractivity contribution in [3.63, 3.8) is 0 Å². The van der Waals surface area contributed by atoms with E-state index in [1.165, 1.54) is 32.6 Å². The smallest absolute Gasteiger partial charge is 0.0971 e. The van der Waals surface area contributed by atoms with E-state index in [0.29, 0.717) is 5.92 Å². The molecule has 0 atom stereocenters. The van der Waals surface area contributed by atoms with Gasteiger partial charge in [-0.25, -0.2) is 4.39 Å². The molecule has 0 aromatic rings. The Kier molecular flexibility index (Phi) is 4.98. The molecule has 1 heteroatoms. The molecule has 0 nitrogen and oxygen atoms in total. The van der Waals surface area contributed by atoms with Crippen molar-refractivity contribution in [2.45, 2.75) is 46.5 Å². The molecule has 0 N–H and O–H groups in total. The van der Waals surface area contributed by atoms with E-state index in [0.717, 1.165) is 17.1 Å². The molecular weight excluding hydrogens is 199 g/mol. The molecule has 0 bridgehead atoms. The number of hydrogen-bond donors (Lipinski definition) is 0. The predicted molar refractivity (Wildman–Crippen MR) is 68.9 cm³/mol. The van der Waals surface area contributed by atoms with Crippen molar-refractivity contribution < 1.29 is 4.39 Å². The zero-order valence-corrected chi connectivity index (χ0v) is 10.7. The summed E-state index contributed by atoms with van der Waals surface area (Å²) in [6.07, 6.45) is 8.60. The first-order valence-electron chi connectivity index (χ1n) is 6.20. The summed E-state index contributed by atoms with van der Waals surface area (Å²) in [5, 5.41) is 0. The lowest BCUT2D eigenvalue weighted by atomic mass is 9.78. The minimum Gasteiger partial charge on any atom is -0.212 e. The van der Waals surface area contributed by atoms with Crippen LogP contribution in [0.25, 0.3) is 0 Å². The highest BCUT2D eigenvalue weighted by Crippen LogP contribution is 2.34. The lowest BCUT2D eigenvalue weighted by Gasteiger charge is -2.27. The van der Waals surface area contributed by atoms with Crippen molar-refractivity contribution in [2.75, 3.05) is 0 Å². The molecule has 1 rings (SSSR count). The van der Waals surface area contributed by atoms with Gasteiger partial charge < -0.3 is 0 Å². The van der Waals surface area contributed by atoms with Crippen LogP contribution >= 0.6 is 0 Å². The van der Waals surface area contributed by atoms with Gasteiger partial charge in [-0.05, 0) is 50.2 Å². The Labute approximate surface area is 98.9 Å². The van der Waals surface area contributed by atoms with E-state index in [2.05, 4.69) is 13.5 Å². The van der Waals surface area contributed by atoms with Gasteiger partial charge in [-0.15, -0.1) is 0 Å². The van der Waals surface area contributed by atoms with Crippen LogP contribution in [0.15, 0.2) is 35.7 Å². The predicted octanol–water partition coefficient (Wildman–Crippen LogP) is 5.19. The third-order valence-corrected chi connectivity index (χ3v) is 3.27. The van der Waals surface area contributed by atoms with E-state index in [9.17, 15) is 4.39 Å². The summed E-state index contributed by atoms with van der Waals surface area (Å²) in [5.41, 5.74) is 2.13. The molecule has 0 amide bonds. The average Bonchev–Trinajstić information content (AvgIpc) is 2.16. The van der Waals surface area contributed by atoms with Gasteiger partial charge in [-0.1, -0.05) is 38.0 Å². The molecule has 1 fully saturated rings. The van der Waals surface area contributed by atoms with Gasteiger partial charge in [0.25, 0.3) is 0 Å². The lowest BCUT2D eigenvalue weighted by Crippen LogP contribution is -2.13. The van der Waals surface area contributed by atoms with Gasteiger partial charge in [-0.2, -0.15) is 0 Å². The first-order valence-corrected chi connectivity index (χ1v) is 6.20. The Balaban J connectivity index is 2.77. The molecule has 16 heavy (non-hydrogen) atoms. The molecule has 0 unspecified atom stereocenters. The number of rotatable bonds is 3. The van der Waals surface area contributed by atoms with Crippen molar-refractivity contribution in [1.82, 2.24) is 0 Å². The van der Waals surface area contributed by atoms with Crippen LogP contribution in [-0.4, -0.2) is 0 Å². The average molecular weight is 222 g/mol. The van der Waals surface area contributed by atoms with Gasteiger partial charge >= 0.3 is 0 Å². The summed E-state index contributed by atoms with van der Waals surface area (Å²) in [7, 11) is 0. The number of hydrogen-bond acceptors (Lipinski definition) is 0. The molecule has 0 saturated heterocycles. The lowest BCUT2D eigenvalue weighted by molar-refractivity contribution is 0.323. The molecule has 1 aliphatic carbocycles. The normalized spacial score (nSPS) is 28.0. The van der Waals surface area contributed by atoms with Gasteiger partial charge in [0, 0.05) is 0 Å². The Morgan fingerprint density at radius 2 is 1.69 bits per heavy atom. The zero-order chi connectivity index (χ0) is 12.1. The third kappa shape index (κ3) is 4.34. The molecule has 0 aromatic heterocycles. The van der Waals surface area contributed by atoms with E-state index in [4.69, 9.17) is 0 Å². The SMILES string of the molecule is C=C(C)/C=C(\C=C(/C)F)C1CCC(C)CC1. The van der Waals surface area contributed by atoms with Crippen molar-refractivity contribution in [2.24, 2.45) is 11.8 Å². The molecule has 0 spiro atoms. The maximum absolute atomic E-state index is 13.0. The fourth-order valence-electron chi connectivity index (χ4n) is 2.38. The summed E-state index contributed by atoms with van der Waals surface area (Å²) in [5.74, 6) is 1.25. The molecule has 0 aromatic carbocycles. The highest BCUT2D eigenvalue weighted by atomic mass is 19.1. The molecular formula is C15H23F. The standard InChI is InChI=1S/C15H23F/c1-11(2)9-15(10-13(4)16)14-7-5-12(3)6-8-14/h9-10,12,14H,1,5-8H2,2-4H3/b13-10+,15-9+. The highest BCUT2D eigenvalue weighted by Gasteiger charge is 2.20. The Morgan fingerprint density at radius 1 is 1.12 bits per heavy atom. The molecule has 0 heterocycles. The maximum Gasteiger partial charge on any atom is 0.0971 e. The maximum atomic E-state index is 13.0. The second-order valence-corrected chi connectivity index (χ2v) is 5.18. The van der Waals surface area contributed by atoms with Crippen LogP contribution in [0.5, 0.6) is 0 Å². The second-order valence-electron chi connectivity index (χ2n) is 5.18. The first-order chi connectivity index (χ1) is 7.49. The zero-order valence-electron chi connectivity index (χ0n) is 10.7. The van der Waals surface area contributed by atoms with Crippen LogP contribution < -0.4 is 0 Å². The van der Waals surface area contributed by atoms with Gasteiger partial charge in [0.1, 0.15) is 0 Å². The van der Waals surface area contributed by atoms with Crippen LogP contribution in [-0.2, 0) is 0 Å². The van der Waals surface area contributed by atoms with Crippen molar-refractivity contribution >= 4 is 0 Å². The summed E-state index contributed by atoms with van der Waals surface area (Å²) in [4.78, 5) is 0. The summed E-state index contributed by atoms with van der Waals surface area (Å²) >= 11 is 0. The Hall–Kier alpha value is -0.850. The van der Waals surface area contributed by atoms with Crippen LogP contribution in [0, 0.1) is 11.8 Å². The van der Waals surface area contributed by atoms with Crippen LogP contribution in [0.3, 0.4) is 0 Å². The molecule has 1 aliphatic rings. The van der Waals surface area contributed by atoms with Crippen LogP contribution in [0.4, 0.5) is 4.39 Å². The first kappa shape index (κ1) is 13.2. The largest absolute Gasteiger partial charge is 0.212 e. The minimum absolute atomic E-state index is 0.105. The van der Waals surface area contributed by atoms with Gasteiger partial charge in [-0.3, -0.25) is 0 Å². The molecule has 0 radical (unpaired) electrons. The quantitative estimate of drug-likeness (QED) is 0.576. The van der Waals surface area contributed by atoms with Gasteiger partial charge in [0.15, 0.2) is 0 Å². The van der Waals surface area contributed by atoms with Crippen LogP contribution in [0.1, 0.15) is 46.5 Å². The van der Waals surface area contributed by atoms with E-state index >= 15 is 0 Å². The number of halogens is 1.